The number of nitrogens with zero attached hydrogens (tertiary/aromatic N) is 2. The topological polar surface area (TPSA) is 169 Å². The number of anilines is 2. The summed E-state index contributed by atoms with van der Waals surface area (Å²) in [5, 5.41) is 42.7. The fraction of sp³-hybridized carbons (Fsp3) is 0.333. The molecule has 0 fully saturated rings. The predicted molar refractivity (Wildman–Crippen MR) is 130 cm³/mol. The number of fused-ring (bicyclic) bond motifs is 1. The van der Waals surface area contributed by atoms with E-state index in [0.29, 0.717) is 22.4 Å². The van der Waals surface area contributed by atoms with Gasteiger partial charge in [-0.05, 0) is 18.2 Å². The third-order valence-corrected chi connectivity index (χ3v) is 6.24. The molecule has 0 bridgehead atoms. The molecule has 14 heteroatoms. The number of methoxy groups -OCH3 is 1. The van der Waals surface area contributed by atoms with E-state index in [1.807, 2.05) is 0 Å². The highest BCUT2D eigenvalue weighted by atomic mass is 35.5. The molecule has 3 aromatic rings. The highest BCUT2D eigenvalue weighted by molar-refractivity contribution is 6.49. The SMILES string of the molecule is COc1cc2c(Nc3ccc(Cl)c(Cl)c3Cl)ncnc2cc1O[C@H](CO)[C@H](O)[C@@H](O)[C@H](F)CO.O. The Labute approximate surface area is 214 Å². The number of alkyl halides is 1. The summed E-state index contributed by atoms with van der Waals surface area (Å²) in [6, 6.07) is 6.20. The molecule has 0 aliphatic rings. The van der Waals surface area contributed by atoms with E-state index >= 15 is 0 Å². The van der Waals surface area contributed by atoms with E-state index in [1.54, 1.807) is 18.2 Å². The Kier molecular flexibility index (Phi) is 10.5. The lowest BCUT2D eigenvalue weighted by molar-refractivity contribution is -0.0981. The standard InChI is InChI=1S/C21H21Cl3FN3O6.H2O/c1-33-14-4-9-13(5-15(14)34-16(7-30)20(32)19(31)11(25)6-29)26-8-27-21(9)28-12-3-2-10(22)17(23)18(12)24;/h2-5,8,11,16,19-20,29-32H,6-7H2,1H3,(H,26,27,28);1H2/t11-,16-,19+,20+;/m1./s1. The molecule has 0 aliphatic heterocycles. The number of halogens is 4. The summed E-state index contributed by atoms with van der Waals surface area (Å²) < 4.78 is 24.6. The number of nitrogens with one attached hydrogen (secondary N) is 1. The summed E-state index contributed by atoms with van der Waals surface area (Å²) in [5.41, 5.74) is 0.826. The first-order valence-electron chi connectivity index (χ1n) is 9.83. The zero-order valence-corrected chi connectivity index (χ0v) is 20.4. The maximum atomic E-state index is 13.6. The molecule has 3 rings (SSSR count). The molecule has 0 aliphatic carbocycles. The molecule has 0 saturated heterocycles. The van der Waals surface area contributed by atoms with E-state index in [9.17, 15) is 19.7 Å². The summed E-state index contributed by atoms with van der Waals surface area (Å²) in [7, 11) is 1.36. The maximum Gasteiger partial charge on any atom is 0.164 e. The molecule has 1 aromatic heterocycles. The Morgan fingerprint density at radius 1 is 1.00 bits per heavy atom. The van der Waals surface area contributed by atoms with E-state index in [-0.39, 0.29) is 32.0 Å². The molecule has 0 unspecified atom stereocenters. The predicted octanol–water partition coefficient (Wildman–Crippen LogP) is 2.31. The molecule has 192 valence electrons. The Morgan fingerprint density at radius 2 is 1.71 bits per heavy atom. The minimum Gasteiger partial charge on any atom is -0.493 e. The van der Waals surface area contributed by atoms with E-state index in [4.69, 9.17) is 49.4 Å². The van der Waals surface area contributed by atoms with Gasteiger partial charge in [-0.3, -0.25) is 0 Å². The van der Waals surface area contributed by atoms with E-state index in [0.717, 1.165) is 0 Å². The number of benzene rings is 2. The van der Waals surface area contributed by atoms with Crippen molar-refractivity contribution in [1.82, 2.24) is 9.97 Å². The van der Waals surface area contributed by atoms with Gasteiger partial charge < -0.3 is 40.7 Å². The molecule has 0 amide bonds. The van der Waals surface area contributed by atoms with Gasteiger partial charge in [0.25, 0.3) is 0 Å². The van der Waals surface area contributed by atoms with Gasteiger partial charge in [-0.15, -0.1) is 0 Å². The first-order chi connectivity index (χ1) is 16.2. The van der Waals surface area contributed by atoms with Crippen molar-refractivity contribution in [2.75, 3.05) is 25.6 Å². The number of hydrogen-bond acceptors (Lipinski definition) is 9. The fourth-order valence-corrected chi connectivity index (χ4v) is 3.67. The first kappa shape index (κ1) is 29.0. The average Bonchev–Trinajstić information content (AvgIpc) is 2.85. The molecule has 4 atom stereocenters. The lowest BCUT2D eigenvalue weighted by Gasteiger charge is -2.28. The van der Waals surface area contributed by atoms with Crippen molar-refractivity contribution in [3.63, 3.8) is 0 Å². The lowest BCUT2D eigenvalue weighted by Crippen LogP contribution is -2.48. The number of hydrogen-bond donors (Lipinski definition) is 5. The van der Waals surface area contributed by atoms with Crippen molar-refractivity contribution in [3.05, 3.63) is 45.7 Å². The normalized spacial score (nSPS) is 14.5. The van der Waals surface area contributed by atoms with Gasteiger partial charge in [-0.1, -0.05) is 34.8 Å². The molecule has 2 aromatic carbocycles. The first-order valence-corrected chi connectivity index (χ1v) is 11.0. The van der Waals surface area contributed by atoms with Crippen LogP contribution in [0.1, 0.15) is 0 Å². The van der Waals surface area contributed by atoms with Crippen molar-refractivity contribution >= 4 is 57.2 Å². The summed E-state index contributed by atoms with van der Waals surface area (Å²) in [5.74, 6) is 0.578. The van der Waals surface area contributed by atoms with Crippen molar-refractivity contribution in [2.45, 2.75) is 24.5 Å². The van der Waals surface area contributed by atoms with Gasteiger partial charge in [0.15, 0.2) is 23.8 Å². The third-order valence-electron chi connectivity index (χ3n) is 4.94. The summed E-state index contributed by atoms with van der Waals surface area (Å²) >= 11 is 18.3. The van der Waals surface area contributed by atoms with E-state index in [2.05, 4.69) is 15.3 Å². The number of ether oxygens (including phenoxy) is 2. The largest absolute Gasteiger partial charge is 0.493 e. The van der Waals surface area contributed by atoms with Crippen molar-refractivity contribution in [2.24, 2.45) is 0 Å². The summed E-state index contributed by atoms with van der Waals surface area (Å²) in [4.78, 5) is 8.42. The van der Waals surface area contributed by atoms with Crippen LogP contribution in [0.25, 0.3) is 10.9 Å². The van der Waals surface area contributed by atoms with E-state index < -0.39 is 37.7 Å². The molecule has 0 radical (unpaired) electrons. The van der Waals surface area contributed by atoms with Gasteiger partial charge in [-0.2, -0.15) is 0 Å². The zero-order chi connectivity index (χ0) is 25.0. The van der Waals surface area contributed by atoms with Gasteiger partial charge in [0.05, 0.1) is 46.6 Å². The Balaban J connectivity index is 0.00000432. The molecule has 35 heavy (non-hydrogen) atoms. The van der Waals surface area contributed by atoms with Crippen LogP contribution >= 0.6 is 34.8 Å². The van der Waals surface area contributed by atoms with Crippen molar-refractivity contribution < 1.29 is 39.8 Å². The molecular weight excluding hydrogens is 532 g/mol. The molecule has 1 heterocycles. The summed E-state index contributed by atoms with van der Waals surface area (Å²) in [6.07, 6.45) is -6.10. The van der Waals surface area contributed by atoms with Crippen LogP contribution in [0.15, 0.2) is 30.6 Å². The fourth-order valence-electron chi connectivity index (χ4n) is 3.09. The second kappa shape index (κ2) is 12.7. The van der Waals surface area contributed by atoms with Gasteiger partial charge in [0, 0.05) is 11.5 Å². The van der Waals surface area contributed by atoms with Crippen LogP contribution in [0, 0.1) is 0 Å². The smallest absolute Gasteiger partial charge is 0.164 e. The molecule has 0 saturated carbocycles. The quantitative estimate of drug-likeness (QED) is 0.236. The van der Waals surface area contributed by atoms with Crippen LogP contribution in [-0.4, -0.2) is 80.7 Å². The maximum absolute atomic E-state index is 13.6. The number of aliphatic hydroxyl groups is 4. The second-order valence-electron chi connectivity index (χ2n) is 7.11. The molecule has 0 spiro atoms. The van der Waals surface area contributed by atoms with Crippen LogP contribution in [0.2, 0.25) is 15.1 Å². The Morgan fingerprint density at radius 3 is 2.34 bits per heavy atom. The third kappa shape index (κ3) is 6.32. The average molecular weight is 555 g/mol. The van der Waals surface area contributed by atoms with Crippen LogP contribution in [-0.2, 0) is 0 Å². The molecule has 10 nitrogen and oxygen atoms in total. The van der Waals surface area contributed by atoms with E-state index in [1.165, 1.54) is 19.5 Å². The summed E-state index contributed by atoms with van der Waals surface area (Å²) in [6.45, 7) is -1.77. The number of aromatic nitrogens is 2. The van der Waals surface area contributed by atoms with Crippen LogP contribution in [0.5, 0.6) is 11.5 Å². The monoisotopic (exact) mass is 553 g/mol. The van der Waals surface area contributed by atoms with Gasteiger partial charge in [0.2, 0.25) is 0 Å². The van der Waals surface area contributed by atoms with Crippen LogP contribution in [0.3, 0.4) is 0 Å². The number of aliphatic hydroxyl groups excluding tert-OH is 4. The van der Waals surface area contributed by atoms with Crippen molar-refractivity contribution in [1.29, 1.82) is 0 Å². The van der Waals surface area contributed by atoms with Gasteiger partial charge in [0.1, 0.15) is 24.4 Å². The van der Waals surface area contributed by atoms with Crippen molar-refractivity contribution in [3.8, 4) is 11.5 Å². The Bertz CT molecular complexity index is 1160. The molecular formula is C21H23Cl3FN3O7. The minimum atomic E-state index is -2.12. The Hall–Kier alpha value is -2.22. The lowest BCUT2D eigenvalue weighted by atomic mass is 10.0. The highest BCUT2D eigenvalue weighted by Crippen LogP contribution is 2.39. The second-order valence-corrected chi connectivity index (χ2v) is 8.27. The molecule has 7 N–H and O–H groups in total. The highest BCUT2D eigenvalue weighted by Gasteiger charge is 2.34. The van der Waals surface area contributed by atoms with Crippen LogP contribution in [0.4, 0.5) is 15.9 Å². The van der Waals surface area contributed by atoms with Gasteiger partial charge in [-0.25, -0.2) is 14.4 Å². The minimum absolute atomic E-state index is 0. The zero-order valence-electron chi connectivity index (χ0n) is 18.1. The van der Waals surface area contributed by atoms with Gasteiger partial charge >= 0.3 is 0 Å². The number of rotatable bonds is 10. The van der Waals surface area contributed by atoms with Crippen LogP contribution < -0.4 is 14.8 Å².